The fraction of sp³-hybridized carbons (Fsp3) is 0.435. The molecule has 0 amide bonds. The highest BCUT2D eigenvalue weighted by Gasteiger charge is 2.50. The van der Waals surface area contributed by atoms with Crippen LogP contribution in [0.4, 0.5) is 26.3 Å². The lowest BCUT2D eigenvalue weighted by Gasteiger charge is -2.19. The summed E-state index contributed by atoms with van der Waals surface area (Å²) in [6.45, 7) is -0.957. The summed E-state index contributed by atoms with van der Waals surface area (Å²) in [5.74, 6) is 0. The Labute approximate surface area is 203 Å². The van der Waals surface area contributed by atoms with Crippen LogP contribution in [0.2, 0.25) is 0 Å². The quantitative estimate of drug-likeness (QED) is 0.556. The molecule has 0 bridgehead atoms. The van der Waals surface area contributed by atoms with E-state index in [4.69, 9.17) is 0 Å². The lowest BCUT2D eigenvalue weighted by molar-refractivity contribution is -0.137. The minimum atomic E-state index is -4.88. The third-order valence-electron chi connectivity index (χ3n) is 6.18. The van der Waals surface area contributed by atoms with E-state index < -0.39 is 58.1 Å². The van der Waals surface area contributed by atoms with Crippen LogP contribution in [-0.2, 0) is 42.1 Å². The molecule has 6 nitrogen and oxygen atoms in total. The molecule has 0 radical (unpaired) electrons. The Kier molecular flexibility index (Phi) is 6.86. The second-order valence-electron chi connectivity index (χ2n) is 9.05. The fourth-order valence-corrected chi connectivity index (χ4v) is 6.32. The highest BCUT2D eigenvalue weighted by molar-refractivity contribution is 7.91. The molecule has 0 saturated carbocycles. The number of hydrogen-bond acceptors (Lipinski definition) is 5. The second-order valence-corrected chi connectivity index (χ2v) is 10.9. The van der Waals surface area contributed by atoms with Gasteiger partial charge in [-0.15, -0.1) is 0 Å². The maximum Gasteiger partial charge on any atom is 0.432 e. The third-order valence-corrected chi connectivity index (χ3v) is 7.97. The van der Waals surface area contributed by atoms with Gasteiger partial charge in [-0.05, 0) is 59.2 Å². The number of sulfonamides is 1. The van der Waals surface area contributed by atoms with Gasteiger partial charge in [0.2, 0.25) is 10.0 Å². The van der Waals surface area contributed by atoms with Gasteiger partial charge in [-0.1, -0.05) is 24.3 Å². The molecule has 36 heavy (non-hydrogen) atoms. The topological polar surface area (TPSA) is 82.0 Å². The summed E-state index contributed by atoms with van der Waals surface area (Å²) in [4.78, 5) is 0. The Morgan fingerprint density at radius 3 is 2.28 bits per heavy atom. The maximum absolute atomic E-state index is 13.3. The van der Waals surface area contributed by atoms with Gasteiger partial charge in [-0.3, -0.25) is 5.01 Å². The van der Waals surface area contributed by atoms with Gasteiger partial charge in [0.1, 0.15) is 5.25 Å². The largest absolute Gasteiger partial charge is 0.432 e. The van der Waals surface area contributed by atoms with Crippen LogP contribution in [-0.4, -0.2) is 55.3 Å². The van der Waals surface area contributed by atoms with Crippen molar-refractivity contribution in [2.24, 2.45) is 5.10 Å². The molecule has 2 aromatic rings. The summed E-state index contributed by atoms with van der Waals surface area (Å²) in [5.41, 5.74) is 0.521. The lowest BCUT2D eigenvalue weighted by Crippen LogP contribution is -2.48. The number of halogens is 6. The predicted molar refractivity (Wildman–Crippen MR) is 120 cm³/mol. The summed E-state index contributed by atoms with van der Waals surface area (Å²) in [6.07, 6.45) is -8.79. The average Bonchev–Trinajstić information content (AvgIpc) is 3.35. The molecular formula is C23H23F6N3O3S. The summed E-state index contributed by atoms with van der Waals surface area (Å²) in [7, 11) is -3.12. The Balaban J connectivity index is 1.49. The normalized spacial score (nSPS) is 20.6. The van der Waals surface area contributed by atoms with Crippen molar-refractivity contribution in [3.05, 3.63) is 69.8 Å². The summed E-state index contributed by atoms with van der Waals surface area (Å²) < 4.78 is 107. The van der Waals surface area contributed by atoms with Crippen LogP contribution in [0.25, 0.3) is 0 Å². The molecule has 1 unspecified atom stereocenters. The second kappa shape index (κ2) is 9.34. The van der Waals surface area contributed by atoms with E-state index >= 15 is 0 Å². The summed E-state index contributed by atoms with van der Waals surface area (Å²) in [6, 6.07) is 7.95. The van der Waals surface area contributed by atoms with Gasteiger partial charge in [0.05, 0.1) is 18.7 Å². The molecule has 2 N–H and O–H groups in total. The number of aliphatic hydroxyl groups excluding tert-OH is 1. The summed E-state index contributed by atoms with van der Waals surface area (Å²) >= 11 is 0. The molecule has 196 valence electrons. The molecule has 2 aliphatic rings. The van der Waals surface area contributed by atoms with Crippen molar-refractivity contribution in [2.45, 2.75) is 49.5 Å². The molecule has 1 heterocycles. The van der Waals surface area contributed by atoms with Crippen LogP contribution in [0.5, 0.6) is 0 Å². The van der Waals surface area contributed by atoms with Crippen molar-refractivity contribution in [1.82, 2.24) is 9.73 Å². The van der Waals surface area contributed by atoms with Crippen LogP contribution < -0.4 is 4.72 Å². The zero-order valence-corrected chi connectivity index (χ0v) is 19.8. The van der Waals surface area contributed by atoms with E-state index in [1.165, 1.54) is 13.1 Å². The van der Waals surface area contributed by atoms with Crippen LogP contribution in [0.1, 0.15) is 33.4 Å². The highest BCUT2D eigenvalue weighted by atomic mass is 32.2. The maximum atomic E-state index is 13.3. The van der Waals surface area contributed by atoms with Gasteiger partial charge in [-0.25, -0.2) is 13.1 Å². The number of nitrogens with one attached hydrogen (secondary N) is 1. The zero-order valence-electron chi connectivity index (χ0n) is 19.0. The van der Waals surface area contributed by atoms with E-state index in [9.17, 15) is 39.9 Å². The third kappa shape index (κ3) is 5.68. The first-order valence-corrected chi connectivity index (χ1v) is 12.5. The molecule has 4 rings (SSSR count). The number of alkyl halides is 6. The number of fused-ring (bicyclic) bond motifs is 1. The van der Waals surface area contributed by atoms with Gasteiger partial charge in [0.25, 0.3) is 0 Å². The number of aliphatic hydroxyl groups is 1. The van der Waals surface area contributed by atoms with Crippen molar-refractivity contribution in [2.75, 3.05) is 13.6 Å². The Morgan fingerprint density at radius 2 is 1.64 bits per heavy atom. The molecule has 0 fully saturated rings. The monoisotopic (exact) mass is 535 g/mol. The minimum Gasteiger partial charge on any atom is -0.392 e. The first-order valence-electron chi connectivity index (χ1n) is 11.0. The van der Waals surface area contributed by atoms with Gasteiger partial charge in [-0.2, -0.15) is 31.4 Å². The van der Waals surface area contributed by atoms with Crippen molar-refractivity contribution in [3.8, 4) is 0 Å². The molecule has 0 aromatic heterocycles. The average molecular weight is 536 g/mol. The van der Waals surface area contributed by atoms with Gasteiger partial charge >= 0.3 is 12.4 Å². The Morgan fingerprint density at radius 1 is 0.972 bits per heavy atom. The van der Waals surface area contributed by atoms with Crippen molar-refractivity contribution >= 4 is 15.7 Å². The fourth-order valence-electron chi connectivity index (χ4n) is 4.63. The van der Waals surface area contributed by atoms with E-state index in [2.05, 4.69) is 9.82 Å². The Bertz CT molecular complexity index is 1290. The number of rotatable bonds is 6. The molecule has 13 heteroatoms. The van der Waals surface area contributed by atoms with E-state index in [0.717, 1.165) is 28.3 Å². The van der Waals surface area contributed by atoms with Crippen LogP contribution in [0, 0.1) is 0 Å². The van der Waals surface area contributed by atoms with Gasteiger partial charge < -0.3 is 5.11 Å². The molecule has 1 aliphatic heterocycles. The van der Waals surface area contributed by atoms with Crippen molar-refractivity contribution in [1.29, 1.82) is 0 Å². The predicted octanol–water partition coefficient (Wildman–Crippen LogP) is 3.41. The van der Waals surface area contributed by atoms with Gasteiger partial charge in [0, 0.05) is 13.1 Å². The highest BCUT2D eigenvalue weighted by Crippen LogP contribution is 2.32. The van der Waals surface area contributed by atoms with E-state index in [1.54, 1.807) is 18.2 Å². The molecular weight excluding hydrogens is 512 g/mol. The number of hydrazone groups is 1. The van der Waals surface area contributed by atoms with E-state index in [0.29, 0.717) is 11.1 Å². The standard InChI is InChI=1S/C23H23F6N3O3S/c1-32-11-20(21(30-32)23(27,28)29)36(34,35)31-19-9-16-3-2-13(6-17(16)10-19)4-14-5-15(12-33)8-18(7-14)22(24,25)26/h2-3,5-8,19-20,31,33H,4,9-12H2,1H3/t19-,20?/m0/s1. The number of hydrogen-bond donors (Lipinski definition) is 2. The first kappa shape index (κ1) is 26.4. The van der Waals surface area contributed by atoms with Crippen LogP contribution >= 0.6 is 0 Å². The van der Waals surface area contributed by atoms with E-state index in [1.807, 2.05) is 0 Å². The molecule has 2 atom stereocenters. The zero-order chi connectivity index (χ0) is 26.5. The van der Waals surface area contributed by atoms with Crippen molar-refractivity contribution < 1.29 is 39.9 Å². The van der Waals surface area contributed by atoms with Crippen LogP contribution in [0.15, 0.2) is 41.5 Å². The molecule has 2 aromatic carbocycles. The van der Waals surface area contributed by atoms with Crippen molar-refractivity contribution in [3.63, 3.8) is 0 Å². The molecule has 0 spiro atoms. The molecule has 0 saturated heterocycles. The lowest BCUT2D eigenvalue weighted by atomic mass is 9.97. The Hall–Kier alpha value is -2.64. The molecule has 1 aliphatic carbocycles. The summed E-state index contributed by atoms with van der Waals surface area (Å²) in [5, 5.41) is 11.8. The van der Waals surface area contributed by atoms with Crippen LogP contribution in [0.3, 0.4) is 0 Å². The smallest absolute Gasteiger partial charge is 0.392 e. The van der Waals surface area contributed by atoms with E-state index in [-0.39, 0.29) is 24.8 Å². The minimum absolute atomic E-state index is 0.134. The van der Waals surface area contributed by atoms with Gasteiger partial charge in [0.15, 0.2) is 5.71 Å². The SMILES string of the molecule is CN1CC(S(=O)(=O)N[C@H]2Cc3ccc(Cc4cc(CO)cc(C(F)(F)F)c4)cc3C2)C(C(F)(F)F)=N1. The first-order chi connectivity index (χ1) is 16.7. The number of benzene rings is 2. The number of nitrogens with zero attached hydrogens (tertiary/aromatic N) is 2.